The summed E-state index contributed by atoms with van der Waals surface area (Å²) in [7, 11) is 5.61. The average Bonchev–Trinajstić information content (AvgIpc) is 1.12. The van der Waals surface area contributed by atoms with E-state index in [4.69, 9.17) is 0 Å². The highest BCUT2D eigenvalue weighted by Crippen LogP contribution is 2.20. The van der Waals surface area contributed by atoms with E-state index in [-0.39, 0.29) is 0 Å². The van der Waals surface area contributed by atoms with Gasteiger partial charge in [0.15, 0.2) is 0 Å². The molecule has 0 aliphatic rings. The van der Waals surface area contributed by atoms with Gasteiger partial charge in [0, 0.05) is 7.37 Å². The molecule has 0 aromatic rings. The fraction of sp³-hybridized carbons (Fsp3) is 1.00. The molecule has 0 amide bonds. The van der Waals surface area contributed by atoms with Gasteiger partial charge in [-0.15, -0.1) is 0 Å². The van der Waals surface area contributed by atoms with E-state index < -0.39 is 7.37 Å². The van der Waals surface area contributed by atoms with Gasteiger partial charge in [0.1, 0.15) is 0 Å². The predicted octanol–water partition coefficient (Wildman–Crippen LogP) is 0.207. The van der Waals surface area contributed by atoms with Crippen molar-refractivity contribution in [3.05, 3.63) is 0 Å². The van der Waals surface area contributed by atoms with Crippen LogP contribution < -0.4 is 4.89 Å². The molecule has 0 spiro atoms. The first-order valence-electron chi connectivity index (χ1n) is 3.05. The monoisotopic (exact) mass is 167 g/mol. The fourth-order valence-corrected chi connectivity index (χ4v) is 0. The zero-order chi connectivity index (χ0) is 9.00. The van der Waals surface area contributed by atoms with Crippen LogP contribution in [-0.4, -0.2) is 46.0 Å². The Bertz CT molecular complexity index is 108. The summed E-state index contributed by atoms with van der Waals surface area (Å²) in [5.74, 6) is 0. The number of quaternary nitrogens is 1. The molecule has 0 unspecified atom stereocenters. The lowest BCUT2D eigenvalue weighted by atomic mass is 10.8. The largest absolute Gasteiger partial charge is 0.800 e. The number of hydrogen-bond acceptors (Lipinski definition) is 2. The van der Waals surface area contributed by atoms with E-state index in [9.17, 15) is 9.46 Å². The van der Waals surface area contributed by atoms with Crippen molar-refractivity contribution in [2.75, 3.05) is 41.5 Å². The second-order valence-corrected chi connectivity index (χ2v) is 6.44. The molecule has 0 radical (unpaired) electrons. The van der Waals surface area contributed by atoms with Gasteiger partial charge in [0.2, 0.25) is 0 Å². The molecular weight excluding hydrogens is 149 g/mol. The third kappa shape index (κ3) is 18500. The van der Waals surface area contributed by atoms with E-state index in [1.165, 1.54) is 13.3 Å². The van der Waals surface area contributed by atoms with Crippen LogP contribution >= 0.6 is 7.37 Å². The average molecular weight is 167 g/mol. The van der Waals surface area contributed by atoms with Crippen LogP contribution in [0.1, 0.15) is 0 Å². The topological polar surface area (TPSA) is 40.1 Å². The molecule has 0 fully saturated rings. The zero-order valence-corrected chi connectivity index (χ0v) is 8.61. The summed E-state index contributed by atoms with van der Waals surface area (Å²) < 4.78 is 10.7. The SMILES string of the molecule is CP(C)(=O)[O-].C[N+](C)(C)C. The summed E-state index contributed by atoms with van der Waals surface area (Å²) >= 11 is 0. The molecule has 0 rings (SSSR count). The van der Waals surface area contributed by atoms with Gasteiger partial charge in [0.25, 0.3) is 0 Å². The Balaban J connectivity index is 0. The van der Waals surface area contributed by atoms with Crippen LogP contribution in [0.15, 0.2) is 0 Å². The maximum atomic E-state index is 9.66. The van der Waals surface area contributed by atoms with Crippen molar-refractivity contribution in [3.63, 3.8) is 0 Å². The number of hydrogen-bond donors (Lipinski definition) is 0. The van der Waals surface area contributed by atoms with Crippen molar-refractivity contribution in [1.82, 2.24) is 0 Å². The predicted molar refractivity (Wildman–Crippen MR) is 43.4 cm³/mol. The van der Waals surface area contributed by atoms with Crippen LogP contribution in [0.2, 0.25) is 0 Å². The summed E-state index contributed by atoms with van der Waals surface area (Å²) in [6.07, 6.45) is 0. The molecule has 0 heterocycles. The van der Waals surface area contributed by atoms with Crippen molar-refractivity contribution >= 4 is 7.37 Å². The van der Waals surface area contributed by atoms with Gasteiger partial charge in [0.05, 0.1) is 28.2 Å². The van der Waals surface area contributed by atoms with Crippen LogP contribution in [0.25, 0.3) is 0 Å². The molecule has 0 aromatic heterocycles. The molecule has 0 aliphatic carbocycles. The van der Waals surface area contributed by atoms with Gasteiger partial charge in [-0.2, -0.15) is 0 Å². The number of rotatable bonds is 0. The van der Waals surface area contributed by atoms with Gasteiger partial charge in [-0.05, 0) is 13.3 Å². The first-order chi connectivity index (χ1) is 4.00. The Morgan fingerprint density at radius 1 is 1.10 bits per heavy atom. The van der Waals surface area contributed by atoms with Crippen LogP contribution in [0.3, 0.4) is 0 Å². The molecule has 10 heavy (non-hydrogen) atoms. The normalized spacial score (nSPS) is 11.9. The Hall–Kier alpha value is 0.150. The van der Waals surface area contributed by atoms with Crippen molar-refractivity contribution in [2.24, 2.45) is 0 Å². The first-order valence-corrected chi connectivity index (χ1v) is 5.57. The molecular formula is C6H18NO2P. The molecule has 4 heteroatoms. The fourth-order valence-electron chi connectivity index (χ4n) is 0. The van der Waals surface area contributed by atoms with Gasteiger partial charge in [-0.25, -0.2) is 0 Å². The van der Waals surface area contributed by atoms with E-state index in [0.717, 1.165) is 4.48 Å². The summed E-state index contributed by atoms with van der Waals surface area (Å²) in [4.78, 5) is 9.66. The lowest BCUT2D eigenvalue weighted by molar-refractivity contribution is -0.849. The number of nitrogens with zero attached hydrogens (tertiary/aromatic N) is 1. The maximum absolute atomic E-state index is 9.66. The molecule has 0 N–H and O–H groups in total. The second kappa shape index (κ2) is 4.12. The lowest BCUT2D eigenvalue weighted by Gasteiger charge is -2.14. The van der Waals surface area contributed by atoms with Gasteiger partial charge < -0.3 is 13.9 Å². The maximum Gasteiger partial charge on any atom is 0.0675 e. The highest BCUT2D eigenvalue weighted by Gasteiger charge is 1.88. The van der Waals surface area contributed by atoms with Crippen LogP contribution in [0.5, 0.6) is 0 Å². The molecule has 3 nitrogen and oxygen atoms in total. The standard InChI is InChI=1S/C4H12N.C2H7O2P/c2*1-5(2,3)4/h1-4H3;1-2H3,(H,3,4)/q+1;/p-1. The molecule has 0 aromatic carbocycles. The minimum Gasteiger partial charge on any atom is -0.800 e. The summed E-state index contributed by atoms with van der Waals surface area (Å²) in [6, 6.07) is 0. The molecule has 0 aliphatic heterocycles. The highest BCUT2D eigenvalue weighted by molar-refractivity contribution is 7.54. The third-order valence-electron chi connectivity index (χ3n) is 0. The molecule has 0 saturated carbocycles. The Morgan fingerprint density at radius 2 is 1.10 bits per heavy atom. The molecule has 64 valence electrons. The first kappa shape index (κ1) is 12.8. The third-order valence-corrected chi connectivity index (χ3v) is 0. The Kier molecular flexibility index (Phi) is 5.27. The molecule has 0 saturated heterocycles. The smallest absolute Gasteiger partial charge is 0.0675 e. The van der Waals surface area contributed by atoms with Crippen molar-refractivity contribution < 1.29 is 13.9 Å². The summed E-state index contributed by atoms with van der Waals surface area (Å²) in [5.41, 5.74) is 0. The van der Waals surface area contributed by atoms with Gasteiger partial charge in [-0.1, -0.05) is 0 Å². The van der Waals surface area contributed by atoms with Crippen LogP contribution in [0.4, 0.5) is 0 Å². The minimum absolute atomic E-state index is 1.00. The van der Waals surface area contributed by atoms with E-state index in [1.807, 2.05) is 0 Å². The summed E-state index contributed by atoms with van der Waals surface area (Å²) in [6.45, 7) is 2.38. The van der Waals surface area contributed by atoms with Crippen LogP contribution in [0, 0.1) is 0 Å². The van der Waals surface area contributed by atoms with E-state index >= 15 is 0 Å². The van der Waals surface area contributed by atoms with Gasteiger partial charge in [-0.3, -0.25) is 0 Å². The van der Waals surface area contributed by atoms with E-state index in [0.29, 0.717) is 0 Å². The van der Waals surface area contributed by atoms with Crippen molar-refractivity contribution in [1.29, 1.82) is 0 Å². The van der Waals surface area contributed by atoms with Crippen LogP contribution in [-0.2, 0) is 4.57 Å². The van der Waals surface area contributed by atoms with Gasteiger partial charge >= 0.3 is 0 Å². The molecule has 0 bridgehead atoms. The van der Waals surface area contributed by atoms with Crippen molar-refractivity contribution in [2.45, 2.75) is 0 Å². The van der Waals surface area contributed by atoms with E-state index in [2.05, 4.69) is 28.2 Å². The Morgan fingerprint density at radius 3 is 1.10 bits per heavy atom. The summed E-state index contributed by atoms with van der Waals surface area (Å²) in [5, 5.41) is 0. The van der Waals surface area contributed by atoms with Crippen molar-refractivity contribution in [3.8, 4) is 0 Å². The zero-order valence-electron chi connectivity index (χ0n) is 7.71. The van der Waals surface area contributed by atoms with E-state index in [1.54, 1.807) is 0 Å². The molecule has 0 atom stereocenters. The quantitative estimate of drug-likeness (QED) is 0.382. The minimum atomic E-state index is -2.89. The second-order valence-electron chi connectivity index (χ2n) is 3.94. The highest BCUT2D eigenvalue weighted by atomic mass is 31.2. The lowest BCUT2D eigenvalue weighted by Crippen LogP contribution is -2.27. The Labute approximate surface area is 63.7 Å².